The van der Waals surface area contributed by atoms with Crippen molar-refractivity contribution in [3.8, 4) is 0 Å². The van der Waals surface area contributed by atoms with Crippen LogP contribution in [0.5, 0.6) is 0 Å². The Hall–Kier alpha value is -0.550. The minimum Gasteiger partial charge on any atom is -0.303 e. The average molecular weight is 206 g/mol. The maximum Gasteiger partial charge on any atom is 0.250 e. The predicted octanol–water partition coefficient (Wildman–Crippen LogP) is 2.37. The largest absolute Gasteiger partial charge is 0.303 e. The molecule has 74 valence electrons. The Morgan fingerprint density at radius 2 is 2.31 bits per heavy atom. The Labute approximate surface area is 80.0 Å². The van der Waals surface area contributed by atoms with Crippen molar-refractivity contribution < 1.29 is 8.78 Å². The second kappa shape index (κ2) is 4.62. The summed E-state index contributed by atoms with van der Waals surface area (Å²) in [7, 11) is 0. The molecule has 13 heavy (non-hydrogen) atoms. The lowest BCUT2D eigenvalue weighted by molar-refractivity contribution is 0.142. The highest BCUT2D eigenvalue weighted by Gasteiger charge is 2.10. The van der Waals surface area contributed by atoms with E-state index in [4.69, 9.17) is 0 Å². The molecule has 0 saturated heterocycles. The summed E-state index contributed by atoms with van der Waals surface area (Å²) in [6, 6.07) is -0.0982. The van der Waals surface area contributed by atoms with E-state index in [0.717, 1.165) is 10.7 Å². The van der Waals surface area contributed by atoms with Crippen LogP contribution in [0.4, 0.5) is 8.78 Å². The SMILES string of the molecule is Cc1nc(C(C)NCC(F)F)cs1. The molecule has 0 aliphatic carbocycles. The summed E-state index contributed by atoms with van der Waals surface area (Å²) in [6.45, 7) is 3.45. The van der Waals surface area contributed by atoms with E-state index in [2.05, 4.69) is 10.3 Å². The number of halogens is 2. The first-order chi connectivity index (χ1) is 6.09. The second-order valence-electron chi connectivity index (χ2n) is 2.81. The van der Waals surface area contributed by atoms with E-state index in [1.807, 2.05) is 19.2 Å². The molecule has 5 heteroatoms. The van der Waals surface area contributed by atoms with Gasteiger partial charge in [0.2, 0.25) is 0 Å². The van der Waals surface area contributed by atoms with Crippen LogP contribution in [0.1, 0.15) is 23.7 Å². The Balaban J connectivity index is 2.44. The molecule has 0 aromatic carbocycles. The van der Waals surface area contributed by atoms with Crippen LogP contribution in [0.25, 0.3) is 0 Å². The number of nitrogens with one attached hydrogen (secondary N) is 1. The van der Waals surface area contributed by atoms with Crippen LogP contribution < -0.4 is 5.32 Å². The highest BCUT2D eigenvalue weighted by Crippen LogP contribution is 2.15. The van der Waals surface area contributed by atoms with Crippen molar-refractivity contribution in [2.45, 2.75) is 26.3 Å². The monoisotopic (exact) mass is 206 g/mol. The first-order valence-corrected chi connectivity index (χ1v) is 4.91. The number of rotatable bonds is 4. The molecular formula is C8H12F2N2S. The third-order valence-electron chi connectivity index (χ3n) is 1.66. The summed E-state index contributed by atoms with van der Waals surface area (Å²) < 4.78 is 23.7. The molecule has 0 spiro atoms. The molecule has 2 nitrogen and oxygen atoms in total. The summed E-state index contributed by atoms with van der Waals surface area (Å²) in [4.78, 5) is 4.20. The molecule has 1 N–H and O–H groups in total. The lowest BCUT2D eigenvalue weighted by Crippen LogP contribution is -2.24. The van der Waals surface area contributed by atoms with Crippen molar-refractivity contribution in [3.63, 3.8) is 0 Å². The lowest BCUT2D eigenvalue weighted by Gasteiger charge is -2.10. The molecule has 1 heterocycles. The Kier molecular flexibility index (Phi) is 3.74. The molecule has 0 aliphatic rings. The number of hydrogen-bond donors (Lipinski definition) is 1. The van der Waals surface area contributed by atoms with Crippen molar-refractivity contribution >= 4 is 11.3 Å². The van der Waals surface area contributed by atoms with Crippen LogP contribution in [-0.4, -0.2) is 18.0 Å². The van der Waals surface area contributed by atoms with Crippen molar-refractivity contribution in [1.29, 1.82) is 0 Å². The maximum atomic E-state index is 11.8. The highest BCUT2D eigenvalue weighted by atomic mass is 32.1. The third kappa shape index (κ3) is 3.36. The molecule has 0 aliphatic heterocycles. The van der Waals surface area contributed by atoms with Gasteiger partial charge in [0.05, 0.1) is 17.2 Å². The van der Waals surface area contributed by atoms with E-state index < -0.39 is 6.43 Å². The van der Waals surface area contributed by atoms with Crippen molar-refractivity contribution in [1.82, 2.24) is 10.3 Å². The van der Waals surface area contributed by atoms with Crippen LogP contribution in [0.15, 0.2) is 5.38 Å². The minimum atomic E-state index is -2.30. The highest BCUT2D eigenvalue weighted by molar-refractivity contribution is 7.09. The zero-order chi connectivity index (χ0) is 9.84. The van der Waals surface area contributed by atoms with Crippen LogP contribution in [0, 0.1) is 6.92 Å². The Morgan fingerprint density at radius 1 is 1.62 bits per heavy atom. The van der Waals surface area contributed by atoms with Crippen molar-refractivity contribution in [3.05, 3.63) is 16.1 Å². The number of thiazole rings is 1. The van der Waals surface area contributed by atoms with Gasteiger partial charge in [-0.15, -0.1) is 11.3 Å². The van der Waals surface area contributed by atoms with Gasteiger partial charge in [0, 0.05) is 11.4 Å². The van der Waals surface area contributed by atoms with Crippen LogP contribution >= 0.6 is 11.3 Å². The van der Waals surface area contributed by atoms with E-state index in [0.29, 0.717) is 0 Å². The molecule has 0 amide bonds. The van der Waals surface area contributed by atoms with E-state index in [1.165, 1.54) is 11.3 Å². The summed E-state index contributed by atoms with van der Waals surface area (Å²) in [5.41, 5.74) is 0.836. The van der Waals surface area contributed by atoms with E-state index in [1.54, 1.807) is 0 Å². The number of hydrogen-bond acceptors (Lipinski definition) is 3. The first kappa shape index (κ1) is 10.5. The van der Waals surface area contributed by atoms with Gasteiger partial charge in [-0.25, -0.2) is 13.8 Å². The molecule has 1 unspecified atom stereocenters. The van der Waals surface area contributed by atoms with Gasteiger partial charge in [-0.05, 0) is 13.8 Å². The van der Waals surface area contributed by atoms with E-state index in [9.17, 15) is 8.78 Å². The molecule has 1 aromatic rings. The normalized spacial score (nSPS) is 13.6. The topological polar surface area (TPSA) is 24.9 Å². The molecule has 1 rings (SSSR count). The zero-order valence-electron chi connectivity index (χ0n) is 7.55. The van der Waals surface area contributed by atoms with Gasteiger partial charge in [0.25, 0.3) is 6.43 Å². The standard InChI is InChI=1S/C8H12F2N2S/c1-5(11-3-8(9)10)7-4-13-6(2)12-7/h4-5,8,11H,3H2,1-2H3. The van der Waals surface area contributed by atoms with Crippen LogP contribution in [-0.2, 0) is 0 Å². The smallest absolute Gasteiger partial charge is 0.250 e. The molecule has 1 aromatic heterocycles. The van der Waals surface area contributed by atoms with Gasteiger partial charge >= 0.3 is 0 Å². The van der Waals surface area contributed by atoms with Gasteiger partial charge in [-0.3, -0.25) is 0 Å². The quantitative estimate of drug-likeness (QED) is 0.818. The number of nitrogens with zero attached hydrogens (tertiary/aromatic N) is 1. The van der Waals surface area contributed by atoms with Gasteiger partial charge in [0.1, 0.15) is 0 Å². The number of aryl methyl sites for hydroxylation is 1. The van der Waals surface area contributed by atoms with Gasteiger partial charge < -0.3 is 5.32 Å². The fourth-order valence-corrected chi connectivity index (χ4v) is 1.66. The molecule has 0 radical (unpaired) electrons. The summed E-state index contributed by atoms with van der Waals surface area (Å²) in [6.07, 6.45) is -2.30. The fraction of sp³-hybridized carbons (Fsp3) is 0.625. The molecule has 0 bridgehead atoms. The summed E-state index contributed by atoms with van der Waals surface area (Å²) in [5.74, 6) is 0. The van der Waals surface area contributed by atoms with Gasteiger partial charge in [0.15, 0.2) is 0 Å². The maximum absolute atomic E-state index is 11.8. The third-order valence-corrected chi connectivity index (χ3v) is 2.45. The fourth-order valence-electron chi connectivity index (χ4n) is 0.949. The van der Waals surface area contributed by atoms with Gasteiger partial charge in [-0.1, -0.05) is 0 Å². The van der Waals surface area contributed by atoms with Gasteiger partial charge in [-0.2, -0.15) is 0 Å². The molecular weight excluding hydrogens is 194 g/mol. The predicted molar refractivity (Wildman–Crippen MR) is 49.3 cm³/mol. The molecule has 1 atom stereocenters. The minimum absolute atomic E-state index is 0.0982. The number of alkyl halides is 2. The second-order valence-corrected chi connectivity index (χ2v) is 3.87. The van der Waals surface area contributed by atoms with E-state index >= 15 is 0 Å². The Morgan fingerprint density at radius 3 is 2.77 bits per heavy atom. The summed E-state index contributed by atoms with van der Waals surface area (Å²) in [5, 5.41) is 5.55. The first-order valence-electron chi connectivity index (χ1n) is 4.03. The Bertz CT molecular complexity index is 262. The van der Waals surface area contributed by atoms with Crippen molar-refractivity contribution in [2.75, 3.05) is 6.54 Å². The lowest BCUT2D eigenvalue weighted by atomic mass is 10.2. The average Bonchev–Trinajstić information content (AvgIpc) is 2.47. The number of aromatic nitrogens is 1. The van der Waals surface area contributed by atoms with Crippen LogP contribution in [0.3, 0.4) is 0 Å². The zero-order valence-corrected chi connectivity index (χ0v) is 8.37. The molecule has 0 fully saturated rings. The van der Waals surface area contributed by atoms with Crippen LogP contribution in [0.2, 0.25) is 0 Å². The molecule has 0 saturated carbocycles. The van der Waals surface area contributed by atoms with E-state index in [-0.39, 0.29) is 12.6 Å². The summed E-state index contributed by atoms with van der Waals surface area (Å²) >= 11 is 1.53. The van der Waals surface area contributed by atoms with Crippen molar-refractivity contribution in [2.24, 2.45) is 0 Å².